The highest BCUT2D eigenvalue weighted by atomic mass is 32.2. The molecule has 5 nitrogen and oxygen atoms in total. The van der Waals surface area contributed by atoms with Gasteiger partial charge in [0.2, 0.25) is 5.91 Å². The third-order valence-electron chi connectivity index (χ3n) is 5.07. The van der Waals surface area contributed by atoms with Gasteiger partial charge in [-0.2, -0.15) is 0 Å². The molecule has 1 atom stereocenters. The molecular formula is C22H29N3O2S. The van der Waals surface area contributed by atoms with E-state index in [1.165, 1.54) is 30.2 Å². The van der Waals surface area contributed by atoms with Crippen molar-refractivity contribution in [2.75, 3.05) is 6.54 Å². The maximum absolute atomic E-state index is 13.1. The van der Waals surface area contributed by atoms with Crippen molar-refractivity contribution in [1.82, 2.24) is 14.9 Å². The summed E-state index contributed by atoms with van der Waals surface area (Å²) < 4.78 is 1.76. The fourth-order valence-corrected chi connectivity index (χ4v) is 4.38. The SMILES string of the molecule is CCCNC(=O)[C@@H](C)Sc1nc2ccccc2c(=O)n1CCC1=CCCCC1. The smallest absolute Gasteiger partial charge is 0.262 e. The Bertz CT molecular complexity index is 920. The van der Waals surface area contributed by atoms with Crippen molar-refractivity contribution >= 4 is 28.6 Å². The first-order valence-corrected chi connectivity index (χ1v) is 11.1. The average Bonchev–Trinajstić information content (AvgIpc) is 2.72. The van der Waals surface area contributed by atoms with Crippen molar-refractivity contribution in [3.8, 4) is 0 Å². The molecule has 1 N–H and O–H groups in total. The molecule has 150 valence electrons. The first-order valence-electron chi connectivity index (χ1n) is 10.2. The molecule has 0 saturated carbocycles. The predicted molar refractivity (Wildman–Crippen MR) is 116 cm³/mol. The van der Waals surface area contributed by atoms with Gasteiger partial charge in [0.15, 0.2) is 5.16 Å². The Morgan fingerprint density at radius 1 is 1.32 bits per heavy atom. The van der Waals surface area contributed by atoms with E-state index < -0.39 is 0 Å². The van der Waals surface area contributed by atoms with E-state index in [4.69, 9.17) is 4.98 Å². The molecule has 0 saturated heterocycles. The predicted octanol–water partition coefficient (Wildman–Crippen LogP) is 4.29. The molecule has 0 spiro atoms. The van der Waals surface area contributed by atoms with E-state index in [1.807, 2.05) is 38.1 Å². The standard InChI is InChI=1S/C22H29N3O2S/c1-3-14-23-20(26)16(2)28-22-24-19-12-8-7-11-18(19)21(27)25(22)15-13-17-9-5-4-6-10-17/h7-9,11-12,16H,3-6,10,13-15H2,1-2H3,(H,23,26)/t16-/m1/s1. The van der Waals surface area contributed by atoms with E-state index in [9.17, 15) is 9.59 Å². The number of hydrogen-bond donors (Lipinski definition) is 1. The number of benzene rings is 1. The number of para-hydroxylation sites is 1. The van der Waals surface area contributed by atoms with E-state index in [2.05, 4.69) is 11.4 Å². The van der Waals surface area contributed by atoms with Crippen LogP contribution in [-0.2, 0) is 11.3 Å². The van der Waals surface area contributed by atoms with Crippen LogP contribution in [0.5, 0.6) is 0 Å². The fraction of sp³-hybridized carbons (Fsp3) is 0.500. The molecule has 0 aliphatic heterocycles. The quantitative estimate of drug-likeness (QED) is 0.408. The van der Waals surface area contributed by atoms with Crippen LogP contribution in [0.4, 0.5) is 0 Å². The van der Waals surface area contributed by atoms with Crippen molar-refractivity contribution in [2.24, 2.45) is 0 Å². The Balaban J connectivity index is 1.88. The van der Waals surface area contributed by atoms with Crippen LogP contribution in [0.25, 0.3) is 10.9 Å². The molecular weight excluding hydrogens is 370 g/mol. The van der Waals surface area contributed by atoms with Gasteiger partial charge >= 0.3 is 0 Å². The fourth-order valence-electron chi connectivity index (χ4n) is 3.43. The van der Waals surface area contributed by atoms with Gasteiger partial charge in [0.25, 0.3) is 5.56 Å². The number of aromatic nitrogens is 2. The van der Waals surface area contributed by atoms with E-state index in [-0.39, 0.29) is 16.7 Å². The number of fused-ring (bicyclic) bond motifs is 1. The molecule has 1 aliphatic carbocycles. The van der Waals surface area contributed by atoms with Gasteiger partial charge in [0, 0.05) is 13.1 Å². The third-order valence-corrected chi connectivity index (χ3v) is 6.16. The van der Waals surface area contributed by atoms with Gasteiger partial charge in [-0.15, -0.1) is 0 Å². The minimum atomic E-state index is -0.306. The molecule has 3 rings (SSSR count). The molecule has 1 amide bonds. The van der Waals surface area contributed by atoms with Crippen molar-refractivity contribution < 1.29 is 4.79 Å². The van der Waals surface area contributed by atoms with Gasteiger partial charge in [-0.1, -0.05) is 42.5 Å². The maximum atomic E-state index is 13.1. The van der Waals surface area contributed by atoms with Crippen LogP contribution in [-0.4, -0.2) is 27.3 Å². The summed E-state index contributed by atoms with van der Waals surface area (Å²) in [5.74, 6) is -0.0178. The summed E-state index contributed by atoms with van der Waals surface area (Å²) >= 11 is 1.36. The lowest BCUT2D eigenvalue weighted by atomic mass is 9.97. The van der Waals surface area contributed by atoms with Gasteiger partial charge in [0.05, 0.1) is 16.2 Å². The van der Waals surface area contributed by atoms with Crippen molar-refractivity contribution in [3.05, 3.63) is 46.3 Å². The average molecular weight is 400 g/mol. The number of nitrogens with one attached hydrogen (secondary N) is 1. The minimum Gasteiger partial charge on any atom is -0.355 e. The van der Waals surface area contributed by atoms with Crippen molar-refractivity contribution in [2.45, 2.75) is 69.3 Å². The minimum absolute atomic E-state index is 0.0178. The first kappa shape index (κ1) is 20.6. The summed E-state index contributed by atoms with van der Waals surface area (Å²) in [7, 11) is 0. The summed E-state index contributed by atoms with van der Waals surface area (Å²) in [6, 6.07) is 7.44. The van der Waals surface area contributed by atoms with Crippen molar-refractivity contribution in [3.63, 3.8) is 0 Å². The number of carbonyl (C=O) groups is 1. The molecule has 1 aliphatic rings. The lowest BCUT2D eigenvalue weighted by molar-refractivity contribution is -0.120. The Morgan fingerprint density at radius 2 is 2.14 bits per heavy atom. The molecule has 0 unspecified atom stereocenters. The van der Waals surface area contributed by atoms with E-state index in [1.54, 1.807) is 4.57 Å². The summed E-state index contributed by atoms with van der Waals surface area (Å²) in [4.78, 5) is 30.2. The molecule has 2 aromatic rings. The monoisotopic (exact) mass is 399 g/mol. The van der Waals surface area contributed by atoms with Crippen LogP contribution in [0.1, 0.15) is 52.4 Å². The zero-order chi connectivity index (χ0) is 19.9. The van der Waals surface area contributed by atoms with Gasteiger partial charge in [-0.3, -0.25) is 14.2 Å². The number of carbonyl (C=O) groups excluding carboxylic acids is 1. The van der Waals surface area contributed by atoms with Crippen LogP contribution in [0.2, 0.25) is 0 Å². The number of hydrogen-bond acceptors (Lipinski definition) is 4. The Labute approximate surface area is 170 Å². The lowest BCUT2D eigenvalue weighted by Crippen LogP contribution is -2.32. The summed E-state index contributed by atoms with van der Waals surface area (Å²) in [6.45, 7) is 5.16. The number of rotatable bonds is 8. The molecule has 28 heavy (non-hydrogen) atoms. The Morgan fingerprint density at radius 3 is 2.89 bits per heavy atom. The second-order valence-corrected chi connectivity index (χ2v) is 8.59. The maximum Gasteiger partial charge on any atom is 0.262 e. The normalized spacial score (nSPS) is 15.3. The van der Waals surface area contributed by atoms with Crippen LogP contribution in [0.15, 0.2) is 45.9 Å². The van der Waals surface area contributed by atoms with E-state index in [0.29, 0.717) is 29.1 Å². The summed E-state index contributed by atoms with van der Waals surface area (Å²) in [6.07, 6.45) is 8.82. The highest BCUT2D eigenvalue weighted by Gasteiger charge is 2.19. The zero-order valence-electron chi connectivity index (χ0n) is 16.7. The van der Waals surface area contributed by atoms with E-state index >= 15 is 0 Å². The van der Waals surface area contributed by atoms with Crippen LogP contribution in [0, 0.1) is 0 Å². The zero-order valence-corrected chi connectivity index (χ0v) is 17.6. The van der Waals surface area contributed by atoms with E-state index in [0.717, 1.165) is 25.7 Å². The van der Waals surface area contributed by atoms with Gasteiger partial charge in [-0.05, 0) is 57.6 Å². The largest absolute Gasteiger partial charge is 0.355 e. The number of nitrogens with zero attached hydrogens (tertiary/aromatic N) is 2. The van der Waals surface area contributed by atoms with Crippen LogP contribution >= 0.6 is 11.8 Å². The van der Waals surface area contributed by atoms with Gasteiger partial charge < -0.3 is 5.32 Å². The number of allylic oxidation sites excluding steroid dienone is 2. The lowest BCUT2D eigenvalue weighted by Gasteiger charge is -2.18. The molecule has 0 fully saturated rings. The summed E-state index contributed by atoms with van der Waals surface area (Å²) in [5.41, 5.74) is 2.09. The van der Waals surface area contributed by atoms with Gasteiger partial charge in [0.1, 0.15) is 0 Å². The number of thioether (sulfide) groups is 1. The molecule has 0 bridgehead atoms. The second-order valence-electron chi connectivity index (χ2n) is 7.28. The molecule has 6 heteroatoms. The summed E-state index contributed by atoms with van der Waals surface area (Å²) in [5, 5.41) is 3.87. The van der Waals surface area contributed by atoms with Gasteiger partial charge in [-0.25, -0.2) is 4.98 Å². The molecule has 1 heterocycles. The third kappa shape index (κ3) is 5.04. The molecule has 1 aromatic carbocycles. The second kappa shape index (κ2) is 9.92. The topological polar surface area (TPSA) is 64.0 Å². The molecule has 1 aromatic heterocycles. The van der Waals surface area contributed by atoms with Crippen LogP contribution < -0.4 is 10.9 Å². The Kier molecular flexibility index (Phi) is 7.31. The highest BCUT2D eigenvalue weighted by Crippen LogP contribution is 2.25. The highest BCUT2D eigenvalue weighted by molar-refractivity contribution is 8.00. The van der Waals surface area contributed by atoms with Crippen LogP contribution in [0.3, 0.4) is 0 Å². The van der Waals surface area contributed by atoms with Crippen molar-refractivity contribution in [1.29, 1.82) is 0 Å². The Hall–Kier alpha value is -2.08. The first-order chi connectivity index (χ1) is 13.6. The number of amides is 1. The molecule has 0 radical (unpaired) electrons.